The summed E-state index contributed by atoms with van der Waals surface area (Å²) in [6, 6.07) is 6.64. The Hall–Kier alpha value is -0.940. The third-order valence-corrected chi connectivity index (χ3v) is 4.44. The summed E-state index contributed by atoms with van der Waals surface area (Å²) >= 11 is 0. The molecule has 1 rings (SSSR count). The summed E-state index contributed by atoms with van der Waals surface area (Å²) in [5.74, 6) is 0. The molecule has 0 aliphatic carbocycles. The highest BCUT2D eigenvalue weighted by Crippen LogP contribution is 2.15. The van der Waals surface area contributed by atoms with Crippen LogP contribution in [0.25, 0.3) is 0 Å². The number of rotatable bonds is 5. The maximum absolute atomic E-state index is 12.7. The molecule has 0 spiro atoms. The van der Waals surface area contributed by atoms with Crippen molar-refractivity contribution in [3.8, 4) is 0 Å². The van der Waals surface area contributed by atoms with Crippen molar-refractivity contribution >= 4 is 10.0 Å². The van der Waals surface area contributed by atoms with Crippen LogP contribution in [0, 0.1) is 6.92 Å². The average molecular weight is 259 g/mol. The van der Waals surface area contributed by atoms with Crippen molar-refractivity contribution in [3.63, 3.8) is 0 Å². The molecule has 0 bridgehead atoms. The van der Waals surface area contributed by atoms with Crippen LogP contribution in [0.4, 0.5) is 4.39 Å². The highest BCUT2D eigenvalue weighted by atomic mass is 32.2. The molecule has 0 saturated carbocycles. The van der Waals surface area contributed by atoms with Crippen LogP contribution < -0.4 is 0 Å². The Bertz CT molecular complexity index is 454. The van der Waals surface area contributed by atoms with E-state index in [4.69, 9.17) is 0 Å². The number of sulfonamides is 1. The summed E-state index contributed by atoms with van der Waals surface area (Å²) in [4.78, 5) is 0.247. The first-order chi connectivity index (χ1) is 7.84. The summed E-state index contributed by atoms with van der Waals surface area (Å²) in [6.07, 6.45) is -0.785. The number of aryl methyl sites for hydroxylation is 1. The molecule has 1 aromatic rings. The van der Waals surface area contributed by atoms with Crippen LogP contribution >= 0.6 is 0 Å². The molecule has 0 aliphatic rings. The van der Waals surface area contributed by atoms with Crippen molar-refractivity contribution in [2.24, 2.45) is 0 Å². The van der Waals surface area contributed by atoms with E-state index in [-0.39, 0.29) is 17.9 Å². The standard InChI is InChI=1S/C12H18FNO2S/c1-10-4-6-12(7-5-10)17(15,16)14(3)9-8-11(2)13/h4-7,11H,8-9H2,1-3H3/t11-/m0/s1. The van der Waals surface area contributed by atoms with Crippen LogP contribution in [0.1, 0.15) is 18.9 Å². The fourth-order valence-electron chi connectivity index (χ4n) is 1.37. The maximum atomic E-state index is 12.7. The molecule has 0 radical (unpaired) electrons. The summed E-state index contributed by atoms with van der Waals surface area (Å²) in [7, 11) is -2.01. The van der Waals surface area contributed by atoms with Crippen molar-refractivity contribution in [1.82, 2.24) is 4.31 Å². The predicted molar refractivity (Wildman–Crippen MR) is 66.2 cm³/mol. The zero-order chi connectivity index (χ0) is 13.1. The van der Waals surface area contributed by atoms with Crippen LogP contribution in [0.5, 0.6) is 0 Å². The van der Waals surface area contributed by atoms with Gasteiger partial charge in [-0.25, -0.2) is 17.1 Å². The van der Waals surface area contributed by atoms with E-state index in [0.29, 0.717) is 0 Å². The number of halogens is 1. The molecule has 0 amide bonds. The normalized spacial score (nSPS) is 13.9. The Labute approximate surface area is 102 Å². The molecule has 1 atom stereocenters. The monoisotopic (exact) mass is 259 g/mol. The van der Waals surface area contributed by atoms with Gasteiger partial charge in [-0.2, -0.15) is 0 Å². The highest BCUT2D eigenvalue weighted by molar-refractivity contribution is 7.89. The molecule has 0 aromatic heterocycles. The lowest BCUT2D eigenvalue weighted by Gasteiger charge is -2.17. The molecule has 0 saturated heterocycles. The van der Waals surface area contributed by atoms with Gasteiger partial charge in [0, 0.05) is 13.6 Å². The van der Waals surface area contributed by atoms with Crippen LogP contribution in [0.3, 0.4) is 0 Å². The van der Waals surface area contributed by atoms with Gasteiger partial charge in [-0.3, -0.25) is 0 Å². The smallest absolute Gasteiger partial charge is 0.242 e. The molecule has 1 aromatic carbocycles. The lowest BCUT2D eigenvalue weighted by Crippen LogP contribution is -2.29. The van der Waals surface area contributed by atoms with E-state index < -0.39 is 16.2 Å². The summed E-state index contributed by atoms with van der Waals surface area (Å²) in [5, 5.41) is 0. The van der Waals surface area contributed by atoms with Gasteiger partial charge in [-0.05, 0) is 32.4 Å². The lowest BCUT2D eigenvalue weighted by atomic mass is 10.2. The van der Waals surface area contributed by atoms with E-state index >= 15 is 0 Å². The van der Waals surface area contributed by atoms with Crippen LogP contribution in [0.2, 0.25) is 0 Å². The molecule has 3 nitrogen and oxygen atoms in total. The van der Waals surface area contributed by atoms with Crippen molar-refractivity contribution in [1.29, 1.82) is 0 Å². The Morgan fingerprint density at radius 1 is 1.29 bits per heavy atom. The van der Waals surface area contributed by atoms with E-state index in [0.717, 1.165) is 5.56 Å². The van der Waals surface area contributed by atoms with E-state index in [1.165, 1.54) is 18.3 Å². The molecule has 0 unspecified atom stereocenters. The van der Waals surface area contributed by atoms with Crippen molar-refractivity contribution in [3.05, 3.63) is 29.8 Å². The Morgan fingerprint density at radius 2 is 1.82 bits per heavy atom. The van der Waals surface area contributed by atoms with Gasteiger partial charge in [0.2, 0.25) is 10.0 Å². The van der Waals surface area contributed by atoms with Crippen LogP contribution in [-0.2, 0) is 10.0 Å². The van der Waals surface area contributed by atoms with Crippen molar-refractivity contribution in [2.45, 2.75) is 31.3 Å². The molecule has 96 valence electrons. The minimum Gasteiger partial charge on any atom is -0.248 e. The zero-order valence-corrected chi connectivity index (χ0v) is 11.2. The lowest BCUT2D eigenvalue weighted by molar-refractivity contribution is 0.315. The molecule has 0 heterocycles. The topological polar surface area (TPSA) is 37.4 Å². The number of nitrogens with zero attached hydrogens (tertiary/aromatic N) is 1. The minimum absolute atomic E-state index is 0.188. The Balaban J connectivity index is 2.84. The van der Waals surface area contributed by atoms with Gasteiger partial charge < -0.3 is 0 Å². The second-order valence-electron chi connectivity index (χ2n) is 4.21. The summed E-state index contributed by atoms with van der Waals surface area (Å²) in [5.41, 5.74) is 1.00. The predicted octanol–water partition coefficient (Wildman–Crippen LogP) is 2.36. The zero-order valence-electron chi connectivity index (χ0n) is 10.4. The van der Waals surface area contributed by atoms with E-state index in [2.05, 4.69) is 0 Å². The van der Waals surface area contributed by atoms with Gasteiger partial charge >= 0.3 is 0 Å². The van der Waals surface area contributed by atoms with E-state index in [1.54, 1.807) is 24.3 Å². The summed E-state index contributed by atoms with van der Waals surface area (Å²) < 4.78 is 38.0. The largest absolute Gasteiger partial charge is 0.248 e. The third-order valence-electron chi connectivity index (χ3n) is 2.57. The van der Waals surface area contributed by atoms with Gasteiger partial charge in [-0.15, -0.1) is 0 Å². The quantitative estimate of drug-likeness (QED) is 0.814. The molecular weight excluding hydrogens is 241 g/mol. The fraction of sp³-hybridized carbons (Fsp3) is 0.500. The second kappa shape index (κ2) is 5.60. The highest BCUT2D eigenvalue weighted by Gasteiger charge is 2.20. The first-order valence-electron chi connectivity index (χ1n) is 5.51. The SMILES string of the molecule is Cc1ccc(S(=O)(=O)N(C)CC[C@H](C)F)cc1. The van der Waals surface area contributed by atoms with E-state index in [1.807, 2.05) is 6.92 Å². The number of hydrogen-bond acceptors (Lipinski definition) is 2. The number of hydrogen-bond donors (Lipinski definition) is 0. The van der Waals surface area contributed by atoms with Crippen molar-refractivity contribution in [2.75, 3.05) is 13.6 Å². The third kappa shape index (κ3) is 3.78. The van der Waals surface area contributed by atoms with Crippen LogP contribution in [0.15, 0.2) is 29.2 Å². The maximum Gasteiger partial charge on any atom is 0.242 e. The van der Waals surface area contributed by atoms with Gasteiger partial charge in [0.15, 0.2) is 0 Å². The van der Waals surface area contributed by atoms with Gasteiger partial charge in [0.1, 0.15) is 0 Å². The molecule has 17 heavy (non-hydrogen) atoms. The Kier molecular flexibility index (Phi) is 4.65. The molecule has 0 fully saturated rings. The first-order valence-corrected chi connectivity index (χ1v) is 6.95. The first kappa shape index (κ1) is 14.1. The molecule has 0 N–H and O–H groups in total. The average Bonchev–Trinajstić information content (AvgIpc) is 2.26. The van der Waals surface area contributed by atoms with Gasteiger partial charge in [0.05, 0.1) is 11.1 Å². The molecule has 5 heteroatoms. The number of benzene rings is 1. The van der Waals surface area contributed by atoms with E-state index in [9.17, 15) is 12.8 Å². The van der Waals surface area contributed by atoms with Gasteiger partial charge in [0.25, 0.3) is 0 Å². The van der Waals surface area contributed by atoms with Crippen molar-refractivity contribution < 1.29 is 12.8 Å². The summed E-state index contributed by atoms with van der Waals surface area (Å²) in [6.45, 7) is 3.51. The molecular formula is C12H18FNO2S. The fourth-order valence-corrected chi connectivity index (χ4v) is 2.56. The van der Waals surface area contributed by atoms with Gasteiger partial charge in [-0.1, -0.05) is 17.7 Å². The Morgan fingerprint density at radius 3 is 2.29 bits per heavy atom. The number of alkyl halides is 1. The minimum atomic E-state index is -3.48. The van der Waals surface area contributed by atoms with Crippen LogP contribution in [-0.4, -0.2) is 32.5 Å². The second-order valence-corrected chi connectivity index (χ2v) is 6.25. The molecule has 0 aliphatic heterocycles.